The predicted molar refractivity (Wildman–Crippen MR) is 112 cm³/mol. The van der Waals surface area contributed by atoms with Crippen molar-refractivity contribution in [1.82, 2.24) is 9.55 Å². The minimum absolute atomic E-state index is 0.608. The molecule has 1 atom stereocenters. The summed E-state index contributed by atoms with van der Waals surface area (Å²) in [5.74, 6) is 1.55. The molecule has 1 unspecified atom stereocenters. The standard InChI is InChI=1S/C24H24N2O2/c1-18-12-14-20(15-13-18)28-17-7-16-26-22-11-6-5-10-21(22)25-24(26)23(27)19-8-3-2-4-9-19/h2-6,8-15,23,27H,7,16-17H2,1H3. The van der Waals surface area contributed by atoms with Crippen LogP contribution in [0, 0.1) is 6.92 Å². The molecule has 0 aliphatic heterocycles. The normalized spacial score (nSPS) is 12.2. The van der Waals surface area contributed by atoms with E-state index in [4.69, 9.17) is 9.72 Å². The van der Waals surface area contributed by atoms with Crippen molar-refractivity contribution in [1.29, 1.82) is 0 Å². The van der Waals surface area contributed by atoms with E-state index in [2.05, 4.69) is 11.5 Å². The van der Waals surface area contributed by atoms with Gasteiger partial charge in [0.2, 0.25) is 0 Å². The number of aryl methyl sites for hydroxylation is 2. The number of nitrogens with zero attached hydrogens (tertiary/aromatic N) is 2. The Bertz CT molecular complexity index is 1040. The molecule has 1 aromatic heterocycles. The molecule has 4 rings (SSSR count). The third-order valence-corrected chi connectivity index (χ3v) is 4.86. The molecule has 3 aromatic carbocycles. The zero-order chi connectivity index (χ0) is 19.3. The van der Waals surface area contributed by atoms with Gasteiger partial charge in [0.05, 0.1) is 17.6 Å². The van der Waals surface area contributed by atoms with Crippen molar-refractivity contribution in [3.8, 4) is 5.75 Å². The van der Waals surface area contributed by atoms with Gasteiger partial charge in [0, 0.05) is 6.54 Å². The van der Waals surface area contributed by atoms with Crippen LogP contribution in [0.25, 0.3) is 11.0 Å². The first-order chi connectivity index (χ1) is 13.7. The average Bonchev–Trinajstić information content (AvgIpc) is 3.11. The number of benzene rings is 3. The zero-order valence-corrected chi connectivity index (χ0v) is 16.0. The number of para-hydroxylation sites is 2. The van der Waals surface area contributed by atoms with Gasteiger partial charge in [-0.1, -0.05) is 60.2 Å². The summed E-state index contributed by atoms with van der Waals surface area (Å²) < 4.78 is 7.96. The topological polar surface area (TPSA) is 47.3 Å². The quantitative estimate of drug-likeness (QED) is 0.470. The van der Waals surface area contributed by atoms with Gasteiger partial charge >= 0.3 is 0 Å². The van der Waals surface area contributed by atoms with Gasteiger partial charge < -0.3 is 14.4 Å². The van der Waals surface area contributed by atoms with Crippen LogP contribution in [-0.2, 0) is 6.54 Å². The highest BCUT2D eigenvalue weighted by Crippen LogP contribution is 2.26. The van der Waals surface area contributed by atoms with Gasteiger partial charge in [-0.15, -0.1) is 0 Å². The molecule has 0 saturated carbocycles. The molecule has 1 heterocycles. The lowest BCUT2D eigenvalue weighted by atomic mass is 10.1. The highest BCUT2D eigenvalue weighted by molar-refractivity contribution is 5.76. The van der Waals surface area contributed by atoms with Crippen LogP contribution in [-0.4, -0.2) is 21.3 Å². The first kappa shape index (κ1) is 18.3. The molecule has 0 fully saturated rings. The molecule has 0 aliphatic carbocycles. The molecule has 0 aliphatic rings. The second-order valence-electron chi connectivity index (χ2n) is 6.94. The Labute approximate surface area is 165 Å². The van der Waals surface area contributed by atoms with E-state index in [0.29, 0.717) is 12.4 Å². The van der Waals surface area contributed by atoms with Gasteiger partial charge in [0.1, 0.15) is 17.7 Å². The fourth-order valence-corrected chi connectivity index (χ4v) is 3.37. The lowest BCUT2D eigenvalue weighted by Crippen LogP contribution is -2.12. The Hall–Kier alpha value is -3.11. The van der Waals surface area contributed by atoms with Crippen LogP contribution in [0.15, 0.2) is 78.9 Å². The molecule has 28 heavy (non-hydrogen) atoms. The van der Waals surface area contributed by atoms with Gasteiger partial charge in [-0.25, -0.2) is 4.98 Å². The second-order valence-corrected chi connectivity index (χ2v) is 6.94. The number of fused-ring (bicyclic) bond motifs is 1. The minimum atomic E-state index is -0.758. The lowest BCUT2D eigenvalue weighted by molar-refractivity contribution is 0.203. The first-order valence-electron chi connectivity index (χ1n) is 9.60. The number of ether oxygens (including phenoxy) is 1. The molecule has 1 N–H and O–H groups in total. The van der Waals surface area contributed by atoms with E-state index in [-0.39, 0.29) is 0 Å². The summed E-state index contributed by atoms with van der Waals surface area (Å²) in [7, 11) is 0. The third-order valence-electron chi connectivity index (χ3n) is 4.86. The number of imidazole rings is 1. The number of rotatable bonds is 7. The Morgan fingerprint density at radius 3 is 2.43 bits per heavy atom. The van der Waals surface area contributed by atoms with Crippen LogP contribution in [0.4, 0.5) is 0 Å². The lowest BCUT2D eigenvalue weighted by Gasteiger charge is -2.15. The van der Waals surface area contributed by atoms with E-state index < -0.39 is 6.10 Å². The summed E-state index contributed by atoms with van der Waals surface area (Å²) >= 11 is 0. The van der Waals surface area contributed by atoms with Crippen molar-refractivity contribution in [2.24, 2.45) is 0 Å². The van der Waals surface area contributed by atoms with Gasteiger partial charge in [0.25, 0.3) is 0 Å². The third kappa shape index (κ3) is 3.92. The molecule has 0 amide bonds. The van der Waals surface area contributed by atoms with Crippen molar-refractivity contribution >= 4 is 11.0 Å². The van der Waals surface area contributed by atoms with Gasteiger partial charge in [-0.05, 0) is 43.2 Å². The fraction of sp³-hybridized carbons (Fsp3) is 0.208. The summed E-state index contributed by atoms with van der Waals surface area (Å²) in [6.07, 6.45) is 0.0644. The van der Waals surface area contributed by atoms with Crippen molar-refractivity contribution < 1.29 is 9.84 Å². The van der Waals surface area contributed by atoms with Crippen molar-refractivity contribution in [3.05, 3.63) is 95.8 Å². The maximum atomic E-state index is 10.9. The van der Waals surface area contributed by atoms with E-state index in [1.165, 1.54) is 5.56 Å². The minimum Gasteiger partial charge on any atom is -0.494 e. The summed E-state index contributed by atoms with van der Waals surface area (Å²) in [5, 5.41) is 10.9. The Morgan fingerprint density at radius 2 is 1.64 bits per heavy atom. The van der Waals surface area contributed by atoms with E-state index in [0.717, 1.165) is 35.3 Å². The first-order valence-corrected chi connectivity index (χ1v) is 9.60. The number of hydrogen-bond donors (Lipinski definition) is 1. The van der Waals surface area contributed by atoms with Crippen LogP contribution in [0.1, 0.15) is 29.5 Å². The largest absolute Gasteiger partial charge is 0.494 e. The second kappa shape index (κ2) is 8.28. The van der Waals surface area contributed by atoms with Crippen molar-refractivity contribution in [3.63, 3.8) is 0 Å². The summed E-state index contributed by atoms with van der Waals surface area (Å²) in [4.78, 5) is 4.71. The number of aliphatic hydroxyl groups is 1. The van der Waals surface area contributed by atoms with Crippen LogP contribution in [0.5, 0.6) is 5.75 Å². The molecule has 4 nitrogen and oxygen atoms in total. The number of aliphatic hydroxyl groups excluding tert-OH is 1. The Balaban J connectivity index is 1.52. The molecule has 4 heteroatoms. The summed E-state index contributed by atoms with van der Waals surface area (Å²) in [6, 6.07) is 25.7. The molecule has 142 valence electrons. The van der Waals surface area contributed by atoms with Crippen molar-refractivity contribution in [2.75, 3.05) is 6.61 Å². The molecular formula is C24H24N2O2. The van der Waals surface area contributed by atoms with Gasteiger partial charge in [-0.2, -0.15) is 0 Å². The zero-order valence-electron chi connectivity index (χ0n) is 16.0. The highest BCUT2D eigenvalue weighted by atomic mass is 16.5. The smallest absolute Gasteiger partial charge is 0.143 e. The Morgan fingerprint density at radius 1 is 0.929 bits per heavy atom. The SMILES string of the molecule is Cc1ccc(OCCCn2c(C(O)c3ccccc3)nc3ccccc32)cc1. The maximum Gasteiger partial charge on any atom is 0.143 e. The number of aromatic nitrogens is 2. The van der Waals surface area contributed by atoms with Gasteiger partial charge in [-0.3, -0.25) is 0 Å². The average molecular weight is 372 g/mol. The fourth-order valence-electron chi connectivity index (χ4n) is 3.37. The van der Waals surface area contributed by atoms with Crippen LogP contribution in [0.2, 0.25) is 0 Å². The maximum absolute atomic E-state index is 10.9. The van der Waals surface area contributed by atoms with E-state index in [1.54, 1.807) is 0 Å². The highest BCUT2D eigenvalue weighted by Gasteiger charge is 2.19. The number of hydrogen-bond acceptors (Lipinski definition) is 3. The van der Waals surface area contributed by atoms with E-state index >= 15 is 0 Å². The molecule has 0 saturated heterocycles. The van der Waals surface area contributed by atoms with Crippen molar-refractivity contribution in [2.45, 2.75) is 26.0 Å². The van der Waals surface area contributed by atoms with E-state index in [9.17, 15) is 5.11 Å². The van der Waals surface area contributed by atoms with Gasteiger partial charge in [0.15, 0.2) is 0 Å². The molecule has 0 bridgehead atoms. The molecular weight excluding hydrogens is 348 g/mol. The molecule has 0 spiro atoms. The molecule has 0 radical (unpaired) electrons. The monoisotopic (exact) mass is 372 g/mol. The molecule has 4 aromatic rings. The van der Waals surface area contributed by atoms with E-state index in [1.807, 2.05) is 78.9 Å². The summed E-state index contributed by atoms with van der Waals surface area (Å²) in [6.45, 7) is 3.40. The Kier molecular flexibility index (Phi) is 5.40. The predicted octanol–water partition coefficient (Wildman–Crippen LogP) is 4.90. The van der Waals surface area contributed by atoms with Crippen LogP contribution in [0.3, 0.4) is 0 Å². The van der Waals surface area contributed by atoms with Crippen LogP contribution >= 0.6 is 0 Å². The van der Waals surface area contributed by atoms with Crippen LogP contribution < -0.4 is 4.74 Å². The summed E-state index contributed by atoms with van der Waals surface area (Å²) in [5.41, 5.74) is 3.99.